The Morgan fingerprint density at radius 3 is 2.89 bits per heavy atom. The molecule has 0 saturated heterocycles. The molecular weight excluding hydrogens is 238 g/mol. The quantitative estimate of drug-likeness (QED) is 0.824. The molecule has 0 amide bonds. The van der Waals surface area contributed by atoms with Gasteiger partial charge in [-0.15, -0.1) is 0 Å². The smallest absolute Gasteiger partial charge is 0.165 e. The number of aromatic nitrogens is 1. The number of H-pyrrole nitrogens is 1. The molecule has 1 saturated carbocycles. The van der Waals surface area contributed by atoms with Gasteiger partial charge in [0.2, 0.25) is 0 Å². The predicted molar refractivity (Wildman–Crippen MR) is 75.7 cm³/mol. The van der Waals surface area contributed by atoms with Gasteiger partial charge in [-0.3, -0.25) is 4.79 Å². The van der Waals surface area contributed by atoms with Crippen molar-refractivity contribution in [2.45, 2.75) is 39.2 Å². The second-order valence-electron chi connectivity index (χ2n) is 5.65. The second kappa shape index (κ2) is 4.72. The minimum atomic E-state index is 0.141. The van der Waals surface area contributed by atoms with Crippen LogP contribution in [-0.2, 0) is 0 Å². The lowest BCUT2D eigenvalue weighted by atomic mass is 10.0. The van der Waals surface area contributed by atoms with Crippen molar-refractivity contribution in [3.05, 3.63) is 30.0 Å². The Labute approximate surface area is 113 Å². The highest BCUT2D eigenvalue weighted by atomic mass is 16.5. The number of hydrogen-bond donors (Lipinski definition) is 1. The highest BCUT2D eigenvalue weighted by Crippen LogP contribution is 2.34. The molecule has 0 aliphatic heterocycles. The zero-order valence-corrected chi connectivity index (χ0v) is 11.4. The van der Waals surface area contributed by atoms with Gasteiger partial charge >= 0.3 is 0 Å². The lowest BCUT2D eigenvalue weighted by Gasteiger charge is -2.09. The minimum Gasteiger partial charge on any atom is -0.491 e. The highest BCUT2D eigenvalue weighted by molar-refractivity contribution is 6.08. The van der Waals surface area contributed by atoms with Crippen molar-refractivity contribution < 1.29 is 9.53 Å². The molecule has 0 spiro atoms. The molecule has 1 heterocycles. The summed E-state index contributed by atoms with van der Waals surface area (Å²) in [5, 5.41) is 0.976. The topological polar surface area (TPSA) is 42.1 Å². The Morgan fingerprint density at radius 1 is 1.42 bits per heavy atom. The van der Waals surface area contributed by atoms with E-state index in [2.05, 4.69) is 4.98 Å². The van der Waals surface area contributed by atoms with E-state index < -0.39 is 0 Å². The first-order valence-corrected chi connectivity index (χ1v) is 6.94. The van der Waals surface area contributed by atoms with Crippen LogP contribution in [0.4, 0.5) is 0 Å². The summed E-state index contributed by atoms with van der Waals surface area (Å²) in [6.45, 7) is 4.00. The third-order valence-electron chi connectivity index (χ3n) is 3.50. The van der Waals surface area contributed by atoms with Gasteiger partial charge < -0.3 is 9.72 Å². The predicted octanol–water partition coefficient (Wildman–Crippen LogP) is 3.94. The zero-order chi connectivity index (χ0) is 13.4. The molecule has 1 fully saturated rings. The maximum atomic E-state index is 12.2. The monoisotopic (exact) mass is 257 g/mol. The lowest BCUT2D eigenvalue weighted by Crippen LogP contribution is -2.05. The Kier molecular flexibility index (Phi) is 3.05. The van der Waals surface area contributed by atoms with E-state index in [-0.39, 0.29) is 11.9 Å². The van der Waals surface area contributed by atoms with Crippen LogP contribution < -0.4 is 4.74 Å². The number of rotatable bonds is 5. The van der Waals surface area contributed by atoms with Crippen LogP contribution in [0.5, 0.6) is 5.75 Å². The van der Waals surface area contributed by atoms with Gasteiger partial charge in [-0.25, -0.2) is 0 Å². The molecule has 3 rings (SSSR count). The average molecular weight is 257 g/mol. The summed E-state index contributed by atoms with van der Waals surface area (Å²) in [4.78, 5) is 15.4. The fourth-order valence-corrected chi connectivity index (χ4v) is 2.37. The van der Waals surface area contributed by atoms with Crippen LogP contribution in [0.25, 0.3) is 10.9 Å². The number of aromatic amines is 1. The van der Waals surface area contributed by atoms with Gasteiger partial charge in [-0.05, 0) is 50.8 Å². The van der Waals surface area contributed by atoms with Crippen molar-refractivity contribution in [2.75, 3.05) is 0 Å². The van der Waals surface area contributed by atoms with Crippen LogP contribution in [-0.4, -0.2) is 16.9 Å². The number of carbonyl (C=O) groups excluding carboxylic acids is 1. The second-order valence-corrected chi connectivity index (χ2v) is 5.65. The maximum Gasteiger partial charge on any atom is 0.165 e. The third-order valence-corrected chi connectivity index (χ3v) is 3.50. The van der Waals surface area contributed by atoms with Crippen molar-refractivity contribution >= 4 is 16.7 Å². The molecule has 3 heteroatoms. The third kappa shape index (κ3) is 2.65. The van der Waals surface area contributed by atoms with Crippen molar-refractivity contribution in [1.29, 1.82) is 0 Å². The normalized spacial score (nSPS) is 15.1. The van der Waals surface area contributed by atoms with Crippen LogP contribution in [0.2, 0.25) is 0 Å². The molecule has 1 aromatic carbocycles. The molecule has 3 nitrogen and oxygen atoms in total. The number of ketones is 1. The summed E-state index contributed by atoms with van der Waals surface area (Å²) in [5.41, 5.74) is 1.80. The van der Waals surface area contributed by atoms with Gasteiger partial charge in [-0.1, -0.05) is 0 Å². The Bertz CT molecular complexity index is 608. The van der Waals surface area contributed by atoms with E-state index in [0.717, 1.165) is 22.2 Å². The SMILES string of the molecule is CC(C)Oc1ccc2[nH]cc(C(=O)CC3CC3)c2c1. The van der Waals surface area contributed by atoms with Gasteiger partial charge in [0.1, 0.15) is 5.75 Å². The van der Waals surface area contributed by atoms with Crippen molar-refractivity contribution in [3.63, 3.8) is 0 Å². The summed E-state index contributed by atoms with van der Waals surface area (Å²) in [6.07, 6.45) is 5.06. The van der Waals surface area contributed by atoms with E-state index in [1.165, 1.54) is 12.8 Å². The molecule has 19 heavy (non-hydrogen) atoms. The van der Waals surface area contributed by atoms with Gasteiger partial charge in [0.15, 0.2) is 5.78 Å². The van der Waals surface area contributed by atoms with Crippen LogP contribution in [0.1, 0.15) is 43.5 Å². The van der Waals surface area contributed by atoms with E-state index in [9.17, 15) is 4.79 Å². The van der Waals surface area contributed by atoms with E-state index in [4.69, 9.17) is 4.74 Å². The van der Waals surface area contributed by atoms with Crippen molar-refractivity contribution in [2.24, 2.45) is 5.92 Å². The largest absolute Gasteiger partial charge is 0.491 e. The van der Waals surface area contributed by atoms with E-state index in [1.807, 2.05) is 38.2 Å². The molecule has 1 N–H and O–H groups in total. The van der Waals surface area contributed by atoms with Crippen molar-refractivity contribution in [3.8, 4) is 5.75 Å². The molecule has 0 atom stereocenters. The summed E-state index contributed by atoms with van der Waals surface area (Å²) in [7, 11) is 0. The first-order valence-electron chi connectivity index (χ1n) is 6.94. The fraction of sp³-hybridized carbons (Fsp3) is 0.438. The van der Waals surface area contributed by atoms with E-state index >= 15 is 0 Å². The number of fused-ring (bicyclic) bond motifs is 1. The Balaban J connectivity index is 1.92. The maximum absolute atomic E-state index is 12.2. The number of nitrogens with one attached hydrogen (secondary N) is 1. The first kappa shape index (κ1) is 12.3. The fourth-order valence-electron chi connectivity index (χ4n) is 2.37. The summed E-state index contributed by atoms with van der Waals surface area (Å²) >= 11 is 0. The average Bonchev–Trinajstić information content (AvgIpc) is 3.06. The zero-order valence-electron chi connectivity index (χ0n) is 11.4. The van der Waals surface area contributed by atoms with Gasteiger partial charge in [-0.2, -0.15) is 0 Å². The molecule has 0 bridgehead atoms. The van der Waals surface area contributed by atoms with Crippen LogP contribution in [0.15, 0.2) is 24.4 Å². The minimum absolute atomic E-state index is 0.141. The molecular formula is C16H19NO2. The lowest BCUT2D eigenvalue weighted by molar-refractivity contribution is 0.0977. The number of carbonyl (C=O) groups is 1. The molecule has 1 aromatic heterocycles. The summed E-state index contributed by atoms with van der Waals surface area (Å²) < 4.78 is 5.69. The number of benzene rings is 1. The number of hydrogen-bond acceptors (Lipinski definition) is 2. The molecule has 0 unspecified atom stereocenters. The molecule has 1 aliphatic carbocycles. The highest BCUT2D eigenvalue weighted by Gasteiger charge is 2.26. The molecule has 2 aromatic rings. The number of ether oxygens (including phenoxy) is 1. The summed E-state index contributed by atoms with van der Waals surface area (Å²) in [6, 6.07) is 5.88. The Hall–Kier alpha value is -1.77. The van der Waals surface area contributed by atoms with Gasteiger partial charge in [0.25, 0.3) is 0 Å². The molecule has 0 radical (unpaired) electrons. The van der Waals surface area contributed by atoms with E-state index in [0.29, 0.717) is 12.3 Å². The molecule has 1 aliphatic rings. The molecule has 100 valence electrons. The van der Waals surface area contributed by atoms with Crippen molar-refractivity contribution in [1.82, 2.24) is 4.98 Å². The Morgan fingerprint density at radius 2 is 2.21 bits per heavy atom. The first-order chi connectivity index (χ1) is 9.13. The van der Waals surface area contributed by atoms with Crippen LogP contribution >= 0.6 is 0 Å². The number of Topliss-reactive ketones (excluding diaryl/α,β-unsaturated/α-hetero) is 1. The van der Waals surface area contributed by atoms with Crippen LogP contribution in [0, 0.1) is 5.92 Å². The standard InChI is InChI=1S/C16H19NO2/c1-10(2)19-12-5-6-15-13(8-12)14(9-17-15)16(18)7-11-3-4-11/h5-6,8-11,17H,3-4,7H2,1-2H3. The van der Waals surface area contributed by atoms with E-state index in [1.54, 1.807) is 0 Å². The van der Waals surface area contributed by atoms with Gasteiger partial charge in [0.05, 0.1) is 6.10 Å². The summed E-state index contributed by atoms with van der Waals surface area (Å²) in [5.74, 6) is 1.69. The van der Waals surface area contributed by atoms with Gasteiger partial charge in [0, 0.05) is 29.1 Å². The van der Waals surface area contributed by atoms with Crippen LogP contribution in [0.3, 0.4) is 0 Å².